The van der Waals surface area contributed by atoms with E-state index in [0.29, 0.717) is 44.2 Å². The van der Waals surface area contributed by atoms with Gasteiger partial charge in [0, 0.05) is 5.70 Å². The van der Waals surface area contributed by atoms with Crippen molar-refractivity contribution in [1.29, 1.82) is 0 Å². The van der Waals surface area contributed by atoms with Crippen LogP contribution in [0, 0.1) is 3.57 Å². The number of carbonyl (C=O) groups excluding carboxylic acids is 2. The molecule has 40 heavy (non-hydrogen) atoms. The second kappa shape index (κ2) is 14.4. The van der Waals surface area contributed by atoms with Gasteiger partial charge in [-0.1, -0.05) is 6.07 Å². The first-order chi connectivity index (χ1) is 19.1. The number of aliphatic hydroxyl groups is 1. The van der Waals surface area contributed by atoms with Crippen molar-refractivity contribution < 1.29 is 43.5 Å². The number of benzene rings is 2. The van der Waals surface area contributed by atoms with Crippen LogP contribution in [0.2, 0.25) is 0 Å². The van der Waals surface area contributed by atoms with Crippen molar-refractivity contribution >= 4 is 46.8 Å². The number of carbonyl (C=O) groups is 3. The summed E-state index contributed by atoms with van der Waals surface area (Å²) >= 11 is 2.02. The summed E-state index contributed by atoms with van der Waals surface area (Å²) in [5, 5.41) is 28.3. The maximum atomic E-state index is 12.4. The number of esters is 1. The van der Waals surface area contributed by atoms with Gasteiger partial charge in [-0.15, -0.1) is 0 Å². The quantitative estimate of drug-likeness (QED) is 0.0700. The van der Waals surface area contributed by atoms with E-state index in [4.69, 9.17) is 24.1 Å². The van der Waals surface area contributed by atoms with Crippen molar-refractivity contribution in [2.24, 2.45) is 5.10 Å². The second-order valence-electron chi connectivity index (χ2n) is 8.29. The van der Waals surface area contributed by atoms with E-state index < -0.39 is 36.8 Å². The molecule has 14 heteroatoms. The molecule has 2 atom stereocenters. The number of carboxylic acids is 1. The van der Waals surface area contributed by atoms with Gasteiger partial charge in [-0.05, 0) is 77.9 Å². The lowest BCUT2D eigenvalue weighted by Crippen LogP contribution is -2.45. The second-order valence-corrected chi connectivity index (χ2v) is 9.45. The van der Waals surface area contributed by atoms with Crippen molar-refractivity contribution in [3.63, 3.8) is 0 Å². The zero-order chi connectivity index (χ0) is 29.2. The van der Waals surface area contributed by atoms with E-state index >= 15 is 0 Å². The molecule has 0 bridgehead atoms. The number of nitrogens with one attached hydrogen (secondary N) is 3. The number of ether oxygens (including phenoxy) is 4. The lowest BCUT2D eigenvalue weighted by atomic mass is 9.95. The summed E-state index contributed by atoms with van der Waals surface area (Å²) in [4.78, 5) is 35.1. The van der Waals surface area contributed by atoms with E-state index in [2.05, 4.69) is 21.2 Å². The van der Waals surface area contributed by atoms with Gasteiger partial charge in [-0.2, -0.15) is 5.10 Å². The molecule has 214 valence electrons. The van der Waals surface area contributed by atoms with E-state index in [0.717, 1.165) is 0 Å². The number of hydrazone groups is 1. The predicted octanol–water partition coefficient (Wildman–Crippen LogP) is 2.28. The Hall–Kier alpha value is -4.05. The van der Waals surface area contributed by atoms with Gasteiger partial charge in [0.25, 0.3) is 0 Å². The van der Waals surface area contributed by atoms with Crippen LogP contribution >= 0.6 is 22.6 Å². The van der Waals surface area contributed by atoms with Crippen molar-refractivity contribution in [2.75, 3.05) is 26.9 Å². The van der Waals surface area contributed by atoms with Gasteiger partial charge >= 0.3 is 18.0 Å². The van der Waals surface area contributed by atoms with Crippen LogP contribution in [0.3, 0.4) is 0 Å². The number of carboxylic acid groups (broad SMARTS) is 1. The Morgan fingerprint density at radius 2 is 1.90 bits per heavy atom. The zero-order valence-electron chi connectivity index (χ0n) is 21.9. The Labute approximate surface area is 243 Å². The Morgan fingerprint density at radius 3 is 2.58 bits per heavy atom. The highest BCUT2D eigenvalue weighted by Crippen LogP contribution is 2.35. The molecule has 0 aromatic heterocycles. The highest BCUT2D eigenvalue weighted by molar-refractivity contribution is 14.1. The maximum Gasteiger partial charge on any atom is 0.341 e. The van der Waals surface area contributed by atoms with Crippen LogP contribution in [0.4, 0.5) is 4.79 Å². The largest absolute Gasteiger partial charge is 0.490 e. The molecule has 2 aromatic carbocycles. The van der Waals surface area contributed by atoms with Gasteiger partial charge in [0.1, 0.15) is 12.4 Å². The highest BCUT2D eigenvalue weighted by Gasteiger charge is 2.32. The lowest BCUT2D eigenvalue weighted by molar-refractivity contribution is -0.139. The molecule has 0 aliphatic carbocycles. The molecule has 3 rings (SSSR count). The van der Waals surface area contributed by atoms with Crippen molar-refractivity contribution in [3.8, 4) is 17.2 Å². The van der Waals surface area contributed by atoms with Crippen LogP contribution in [0.25, 0.3) is 0 Å². The number of aliphatic hydroxyl groups excluding tert-OH is 1. The Bertz CT molecular complexity index is 1320. The monoisotopic (exact) mass is 668 g/mol. The summed E-state index contributed by atoms with van der Waals surface area (Å²) in [6.45, 7) is 3.12. The third kappa shape index (κ3) is 8.22. The summed E-state index contributed by atoms with van der Waals surface area (Å²) in [5.74, 6) is -0.526. The van der Waals surface area contributed by atoms with Crippen molar-refractivity contribution in [2.45, 2.75) is 26.1 Å². The first-order valence-electron chi connectivity index (χ1n) is 12.0. The minimum absolute atomic E-state index is 0.174. The average Bonchev–Trinajstić information content (AvgIpc) is 2.91. The van der Waals surface area contributed by atoms with Crippen LogP contribution in [-0.2, 0) is 14.3 Å². The molecule has 0 fully saturated rings. The van der Waals surface area contributed by atoms with Gasteiger partial charge in [0.2, 0.25) is 0 Å². The SMILES string of the molecule is CCOc1cc([C@H]2NC(=O)NC(C)=C2C(=O)OC)ccc1OC[C@H](O)N/N=C\c1ccc(OCC(=O)O)c(I)c1. The number of allylic oxidation sites excluding steroid dienone is 1. The molecule has 2 amide bonds. The van der Waals surface area contributed by atoms with Crippen molar-refractivity contribution in [1.82, 2.24) is 16.1 Å². The Balaban J connectivity index is 1.65. The average molecular weight is 668 g/mol. The van der Waals surface area contributed by atoms with Gasteiger partial charge in [0.05, 0.1) is 35.1 Å². The third-order valence-corrected chi connectivity index (χ3v) is 6.26. The minimum Gasteiger partial charge on any atom is -0.490 e. The Kier molecular flexibility index (Phi) is 11.0. The van der Waals surface area contributed by atoms with Gasteiger partial charge in [-0.25, -0.2) is 14.4 Å². The molecule has 1 aliphatic rings. The summed E-state index contributed by atoms with van der Waals surface area (Å²) in [7, 11) is 1.26. The van der Waals surface area contributed by atoms with E-state index in [1.165, 1.54) is 13.3 Å². The van der Waals surface area contributed by atoms with Crippen LogP contribution in [0.15, 0.2) is 52.8 Å². The normalized spacial score (nSPS) is 15.6. The number of hydrogen-bond donors (Lipinski definition) is 5. The van der Waals surface area contributed by atoms with Crippen LogP contribution in [0.5, 0.6) is 17.2 Å². The lowest BCUT2D eigenvalue weighted by Gasteiger charge is -2.28. The van der Waals surface area contributed by atoms with E-state index in [-0.39, 0.29) is 12.2 Å². The summed E-state index contributed by atoms with van der Waals surface area (Å²) in [6.07, 6.45) is 0.317. The molecule has 1 aliphatic heterocycles. The summed E-state index contributed by atoms with van der Waals surface area (Å²) in [5.41, 5.74) is 4.47. The Morgan fingerprint density at radius 1 is 1.15 bits per heavy atom. The van der Waals surface area contributed by atoms with Crippen LogP contribution in [-0.4, -0.2) is 67.6 Å². The van der Waals surface area contributed by atoms with E-state index in [1.54, 1.807) is 50.2 Å². The summed E-state index contributed by atoms with van der Waals surface area (Å²) < 4.78 is 22.2. The fourth-order valence-electron chi connectivity index (χ4n) is 3.67. The maximum absolute atomic E-state index is 12.4. The molecule has 0 unspecified atom stereocenters. The van der Waals surface area contributed by atoms with Gasteiger partial charge in [-0.3, -0.25) is 5.43 Å². The molecule has 0 saturated heterocycles. The molecule has 13 nitrogen and oxygen atoms in total. The number of nitrogens with zero attached hydrogens (tertiary/aromatic N) is 1. The molecule has 0 spiro atoms. The molecular formula is C26H29IN4O9. The van der Waals surface area contributed by atoms with E-state index in [9.17, 15) is 19.5 Å². The van der Waals surface area contributed by atoms with Gasteiger partial charge < -0.3 is 39.8 Å². The smallest absolute Gasteiger partial charge is 0.341 e. The van der Waals surface area contributed by atoms with E-state index in [1.807, 2.05) is 22.6 Å². The first-order valence-corrected chi connectivity index (χ1v) is 13.1. The summed E-state index contributed by atoms with van der Waals surface area (Å²) in [6, 6.07) is 8.78. The number of amides is 2. The number of methoxy groups -OCH3 is 1. The molecular weight excluding hydrogens is 639 g/mol. The molecule has 1 heterocycles. The number of hydrogen-bond acceptors (Lipinski definition) is 10. The first kappa shape index (κ1) is 30.5. The molecule has 2 aromatic rings. The zero-order valence-corrected chi connectivity index (χ0v) is 24.1. The number of rotatable bonds is 13. The van der Waals surface area contributed by atoms with Crippen LogP contribution in [0.1, 0.15) is 31.0 Å². The number of aliphatic carboxylic acids is 1. The van der Waals surface area contributed by atoms with Crippen molar-refractivity contribution in [3.05, 3.63) is 62.4 Å². The number of urea groups is 1. The van der Waals surface area contributed by atoms with Gasteiger partial charge in [0.15, 0.2) is 24.3 Å². The fourth-order valence-corrected chi connectivity index (χ4v) is 4.37. The highest BCUT2D eigenvalue weighted by atomic mass is 127. The topological polar surface area (TPSA) is 177 Å². The minimum atomic E-state index is -1.16. The van der Waals surface area contributed by atoms with Crippen LogP contribution < -0.4 is 30.3 Å². The molecule has 0 saturated carbocycles. The fraction of sp³-hybridized carbons (Fsp3) is 0.308. The number of halogens is 1. The third-order valence-electron chi connectivity index (χ3n) is 5.42. The molecule has 0 radical (unpaired) electrons. The predicted molar refractivity (Wildman–Crippen MR) is 151 cm³/mol. The standard InChI is InChI=1S/C26H29IN4O9/c1-4-38-20-10-16(24-23(25(35)37-3)14(2)29-26(36)30-24)6-8-19(20)39-12-21(32)31-28-11-15-5-7-18(17(27)9-15)40-13-22(33)34/h5-11,21,24,31-32H,4,12-13H2,1-3H3,(H,33,34)(H2,29,30,36)/b28-11-/t21-,24+/m0/s1. The molecule has 5 N–H and O–H groups in total.